The number of aryl methyl sites for hydroxylation is 3. The molecule has 5 aromatic rings. The Morgan fingerprint density at radius 2 is 1.28 bits per heavy atom. The van der Waals surface area contributed by atoms with Gasteiger partial charge in [-0.25, -0.2) is 0 Å². The zero-order valence-electron chi connectivity index (χ0n) is 15.1. The summed E-state index contributed by atoms with van der Waals surface area (Å²) in [5, 5.41) is 11.3. The topological polar surface area (TPSA) is 0 Å². The number of hydrogen-bond acceptors (Lipinski definition) is 0. The predicted octanol–water partition coefficient (Wildman–Crippen LogP) is 7.17. The van der Waals surface area contributed by atoms with E-state index in [1.54, 1.807) is 0 Å². The Labute approximate surface area is 148 Å². The van der Waals surface area contributed by atoms with Gasteiger partial charge in [-0.15, -0.1) is 0 Å². The number of benzene rings is 5. The smallest absolute Gasteiger partial charge is 0.00233 e. The largest absolute Gasteiger partial charge is 0.0613 e. The fourth-order valence-electron chi connectivity index (χ4n) is 4.60. The van der Waals surface area contributed by atoms with E-state index in [1.165, 1.54) is 59.8 Å². The third-order valence-electron chi connectivity index (χ3n) is 5.95. The molecule has 0 spiro atoms. The summed E-state index contributed by atoms with van der Waals surface area (Å²) in [5.41, 5.74) is 4.35. The molecule has 0 aliphatic rings. The van der Waals surface area contributed by atoms with Crippen molar-refractivity contribution >= 4 is 43.1 Å². The van der Waals surface area contributed by atoms with Crippen LogP contribution in [0.1, 0.15) is 30.5 Å². The average Bonchev–Trinajstić information content (AvgIpc) is 2.66. The van der Waals surface area contributed by atoms with E-state index in [9.17, 15) is 0 Å². The molecule has 122 valence electrons. The van der Waals surface area contributed by atoms with E-state index in [0.717, 1.165) is 12.8 Å². The van der Waals surface area contributed by atoms with Gasteiger partial charge >= 0.3 is 0 Å². The zero-order chi connectivity index (χ0) is 17.1. The van der Waals surface area contributed by atoms with Crippen molar-refractivity contribution in [1.82, 2.24) is 0 Å². The lowest BCUT2D eigenvalue weighted by molar-refractivity contribution is 1.12. The van der Waals surface area contributed by atoms with Crippen LogP contribution in [0, 0.1) is 6.92 Å². The summed E-state index contributed by atoms with van der Waals surface area (Å²) in [5.74, 6) is 0. The maximum atomic E-state index is 2.44. The van der Waals surface area contributed by atoms with Crippen LogP contribution in [0.15, 0.2) is 54.6 Å². The Morgan fingerprint density at radius 1 is 0.640 bits per heavy atom. The van der Waals surface area contributed by atoms with E-state index in [0.29, 0.717) is 0 Å². The monoisotopic (exact) mass is 322 g/mol. The van der Waals surface area contributed by atoms with E-state index in [2.05, 4.69) is 75.4 Å². The van der Waals surface area contributed by atoms with Crippen LogP contribution in [-0.2, 0) is 12.8 Å². The predicted molar refractivity (Wildman–Crippen MR) is 111 cm³/mol. The molecule has 0 aliphatic carbocycles. The highest BCUT2D eigenvalue weighted by molar-refractivity contribution is 6.33. The second-order valence-corrected chi connectivity index (χ2v) is 7.19. The van der Waals surface area contributed by atoms with Gasteiger partial charge in [0.15, 0.2) is 0 Å². The first kappa shape index (κ1) is 14.7. The fraction of sp³-hybridized carbons (Fsp3) is 0.200. The summed E-state index contributed by atoms with van der Waals surface area (Å²) in [6.45, 7) is 6.82. The summed E-state index contributed by atoms with van der Waals surface area (Å²) < 4.78 is 0. The van der Waals surface area contributed by atoms with Crippen LogP contribution < -0.4 is 0 Å². The van der Waals surface area contributed by atoms with Crippen LogP contribution >= 0.6 is 0 Å². The Hall–Kier alpha value is -2.60. The molecule has 0 saturated carbocycles. The maximum absolute atomic E-state index is 2.44. The molecular weight excluding hydrogens is 300 g/mol. The van der Waals surface area contributed by atoms with E-state index in [4.69, 9.17) is 0 Å². The fourth-order valence-corrected chi connectivity index (χ4v) is 4.60. The molecular formula is C25H22. The molecule has 5 rings (SSSR count). The molecule has 0 saturated heterocycles. The Kier molecular flexibility index (Phi) is 3.06. The van der Waals surface area contributed by atoms with Gasteiger partial charge in [0, 0.05) is 0 Å². The highest BCUT2D eigenvalue weighted by Gasteiger charge is 2.16. The van der Waals surface area contributed by atoms with Gasteiger partial charge in [-0.2, -0.15) is 0 Å². The lowest BCUT2D eigenvalue weighted by Crippen LogP contribution is -1.95. The Bertz CT molecular complexity index is 1210. The van der Waals surface area contributed by atoms with Crippen molar-refractivity contribution in [3.63, 3.8) is 0 Å². The first-order valence-electron chi connectivity index (χ1n) is 9.34. The van der Waals surface area contributed by atoms with Gasteiger partial charge in [0.2, 0.25) is 0 Å². The molecule has 0 nitrogen and oxygen atoms in total. The number of fused-ring (bicyclic) bond motifs is 2. The van der Waals surface area contributed by atoms with Gasteiger partial charge < -0.3 is 0 Å². The normalized spacial score (nSPS) is 12.1. The lowest BCUT2D eigenvalue weighted by Gasteiger charge is -2.18. The van der Waals surface area contributed by atoms with E-state index in [-0.39, 0.29) is 0 Å². The number of hydrogen-bond donors (Lipinski definition) is 0. The minimum atomic E-state index is 1.08. The van der Waals surface area contributed by atoms with Crippen LogP contribution in [0.4, 0.5) is 0 Å². The van der Waals surface area contributed by atoms with Crippen LogP contribution in [0.5, 0.6) is 0 Å². The van der Waals surface area contributed by atoms with Crippen molar-refractivity contribution in [2.45, 2.75) is 33.6 Å². The molecule has 0 fully saturated rings. The van der Waals surface area contributed by atoms with Gasteiger partial charge in [0.25, 0.3) is 0 Å². The van der Waals surface area contributed by atoms with Crippen molar-refractivity contribution in [1.29, 1.82) is 0 Å². The molecule has 0 heterocycles. The first-order chi connectivity index (χ1) is 12.2. The molecule has 5 aromatic carbocycles. The third-order valence-corrected chi connectivity index (χ3v) is 5.95. The summed E-state index contributed by atoms with van der Waals surface area (Å²) in [6.07, 6.45) is 2.16. The maximum Gasteiger partial charge on any atom is -0.00233 e. The Morgan fingerprint density at radius 3 is 1.92 bits per heavy atom. The third kappa shape index (κ3) is 1.88. The van der Waals surface area contributed by atoms with E-state index in [1.807, 2.05) is 0 Å². The van der Waals surface area contributed by atoms with Gasteiger partial charge in [-0.1, -0.05) is 68.4 Å². The molecule has 0 bridgehead atoms. The van der Waals surface area contributed by atoms with Crippen LogP contribution in [-0.4, -0.2) is 0 Å². The molecule has 0 unspecified atom stereocenters. The van der Waals surface area contributed by atoms with Gasteiger partial charge in [0.05, 0.1) is 0 Å². The summed E-state index contributed by atoms with van der Waals surface area (Å²) in [7, 11) is 0. The minimum Gasteiger partial charge on any atom is -0.0613 e. The van der Waals surface area contributed by atoms with Crippen molar-refractivity contribution in [2.75, 3.05) is 0 Å². The highest BCUT2D eigenvalue weighted by atomic mass is 14.2. The van der Waals surface area contributed by atoms with Gasteiger partial charge in [-0.05, 0) is 79.5 Å². The second kappa shape index (κ2) is 5.20. The lowest BCUT2D eigenvalue weighted by atomic mass is 9.85. The summed E-state index contributed by atoms with van der Waals surface area (Å²) >= 11 is 0. The van der Waals surface area contributed by atoms with Crippen molar-refractivity contribution < 1.29 is 0 Å². The van der Waals surface area contributed by atoms with E-state index < -0.39 is 0 Å². The second-order valence-electron chi connectivity index (χ2n) is 7.19. The quantitative estimate of drug-likeness (QED) is 0.239. The van der Waals surface area contributed by atoms with Crippen molar-refractivity contribution in [3.05, 3.63) is 71.3 Å². The highest BCUT2D eigenvalue weighted by Crippen LogP contribution is 2.42. The first-order valence-corrected chi connectivity index (χ1v) is 9.34. The Balaban J connectivity index is 2.21. The molecule has 0 atom stereocenters. The van der Waals surface area contributed by atoms with Crippen LogP contribution in [0.25, 0.3) is 43.1 Å². The van der Waals surface area contributed by atoms with Crippen molar-refractivity contribution in [3.8, 4) is 0 Å². The molecule has 0 amide bonds. The molecule has 0 heteroatoms. The molecule has 0 aromatic heterocycles. The van der Waals surface area contributed by atoms with Gasteiger partial charge in [0.1, 0.15) is 0 Å². The average molecular weight is 322 g/mol. The summed E-state index contributed by atoms with van der Waals surface area (Å²) in [4.78, 5) is 0. The standard InChI is InChI=1S/C25H22/c1-4-16-12-21-15(3)17(5-2)14-23-20-11-7-9-18-8-6-10-19(24(18)20)22(13-16)25(21)23/h6-14H,4-5H2,1-3H3. The minimum absolute atomic E-state index is 1.08. The SMILES string of the molecule is CCc1cc2c(C)c(CC)cc3c4cccc5cccc(c(c1)c23)c54. The van der Waals surface area contributed by atoms with E-state index >= 15 is 0 Å². The molecule has 25 heavy (non-hydrogen) atoms. The van der Waals surface area contributed by atoms with Gasteiger partial charge in [-0.3, -0.25) is 0 Å². The molecule has 0 aliphatic heterocycles. The number of rotatable bonds is 2. The molecule has 0 N–H and O–H groups in total. The van der Waals surface area contributed by atoms with Crippen LogP contribution in [0.2, 0.25) is 0 Å². The zero-order valence-corrected chi connectivity index (χ0v) is 15.1. The van der Waals surface area contributed by atoms with Crippen molar-refractivity contribution in [2.24, 2.45) is 0 Å². The molecule has 0 radical (unpaired) electrons. The van der Waals surface area contributed by atoms with Crippen LogP contribution in [0.3, 0.4) is 0 Å². The summed E-state index contributed by atoms with van der Waals surface area (Å²) in [6, 6.07) is 20.8.